The maximum atomic E-state index is 6.16. The second kappa shape index (κ2) is 7.46. The van der Waals surface area contributed by atoms with Crippen molar-refractivity contribution in [1.82, 2.24) is 29.5 Å². The normalized spacial score (nSPS) is 18.0. The van der Waals surface area contributed by atoms with Gasteiger partial charge in [0.1, 0.15) is 12.4 Å². The van der Waals surface area contributed by atoms with Gasteiger partial charge in [-0.2, -0.15) is 5.10 Å². The zero-order chi connectivity index (χ0) is 22.6. The Morgan fingerprint density at radius 3 is 3.09 bits per heavy atom. The first-order chi connectivity index (χ1) is 16.7. The molecular weight excluding hydrogens is 428 g/mol. The minimum Gasteiger partial charge on any atom is -0.489 e. The van der Waals surface area contributed by atoms with Crippen LogP contribution >= 0.6 is 0 Å². The third-order valence-electron chi connectivity index (χ3n) is 6.76. The van der Waals surface area contributed by atoms with Crippen molar-refractivity contribution in [2.24, 2.45) is 0 Å². The number of nitrogens with one attached hydrogen (secondary N) is 2. The molecule has 1 fully saturated rings. The van der Waals surface area contributed by atoms with Crippen LogP contribution < -0.4 is 15.0 Å². The summed E-state index contributed by atoms with van der Waals surface area (Å²) in [5.41, 5.74) is 5.68. The third kappa shape index (κ3) is 3.16. The van der Waals surface area contributed by atoms with Gasteiger partial charge in [-0.1, -0.05) is 12.1 Å². The number of H-pyrrole nitrogens is 1. The second-order valence-electron chi connectivity index (χ2n) is 9.03. The number of rotatable bonds is 3. The van der Waals surface area contributed by atoms with E-state index < -0.39 is 0 Å². The molecule has 0 unspecified atom stereocenters. The largest absolute Gasteiger partial charge is 0.489 e. The van der Waals surface area contributed by atoms with Gasteiger partial charge in [-0.25, -0.2) is 9.97 Å². The molecule has 0 amide bonds. The van der Waals surface area contributed by atoms with Crippen LogP contribution in [0.3, 0.4) is 0 Å². The first kappa shape index (κ1) is 19.4. The number of benzene rings is 2. The highest BCUT2D eigenvalue weighted by Gasteiger charge is 2.31. The number of imidazole rings is 1. The molecule has 2 aliphatic heterocycles. The molecule has 0 saturated carbocycles. The summed E-state index contributed by atoms with van der Waals surface area (Å²) < 4.78 is 8.15. The molecule has 2 aliphatic rings. The van der Waals surface area contributed by atoms with E-state index in [0.717, 1.165) is 64.6 Å². The molecule has 1 saturated heterocycles. The van der Waals surface area contributed by atoms with Crippen molar-refractivity contribution in [2.45, 2.75) is 6.04 Å². The lowest BCUT2D eigenvalue weighted by Crippen LogP contribution is -2.56. The Kier molecular flexibility index (Phi) is 4.25. The van der Waals surface area contributed by atoms with Crippen LogP contribution in [0.25, 0.3) is 27.8 Å². The number of likely N-dealkylation sites (N-methyl/N-ethyl adjacent to an activating group) is 1. The average molecular weight is 453 g/mol. The fourth-order valence-electron chi connectivity index (χ4n) is 4.99. The van der Waals surface area contributed by atoms with Gasteiger partial charge in [0, 0.05) is 60.9 Å². The monoisotopic (exact) mass is 452 g/mol. The molecule has 34 heavy (non-hydrogen) atoms. The van der Waals surface area contributed by atoms with Gasteiger partial charge >= 0.3 is 0 Å². The SMILES string of the molecule is CN1CCN2c3ccc(Nc4nc(-c5ccc6cn[nH]c6c5)cn5ccnc45)cc3OC[C@@H]2C1. The van der Waals surface area contributed by atoms with E-state index in [1.54, 1.807) is 6.20 Å². The molecular formula is C25H24N8O. The summed E-state index contributed by atoms with van der Waals surface area (Å²) >= 11 is 0. The van der Waals surface area contributed by atoms with E-state index >= 15 is 0 Å². The predicted octanol–water partition coefficient (Wildman–Crippen LogP) is 3.53. The van der Waals surface area contributed by atoms with E-state index in [9.17, 15) is 0 Å². The molecule has 170 valence electrons. The summed E-state index contributed by atoms with van der Waals surface area (Å²) in [4.78, 5) is 14.3. The van der Waals surface area contributed by atoms with E-state index in [-0.39, 0.29) is 0 Å². The second-order valence-corrected chi connectivity index (χ2v) is 9.03. The van der Waals surface area contributed by atoms with Crippen molar-refractivity contribution in [3.63, 3.8) is 0 Å². The number of piperazine rings is 1. The lowest BCUT2D eigenvalue weighted by Gasteiger charge is -2.44. The van der Waals surface area contributed by atoms with E-state index in [4.69, 9.17) is 9.72 Å². The summed E-state index contributed by atoms with van der Waals surface area (Å²) in [7, 11) is 2.17. The molecule has 0 aliphatic carbocycles. The highest BCUT2D eigenvalue weighted by Crippen LogP contribution is 2.38. The number of fused-ring (bicyclic) bond motifs is 5. The Balaban J connectivity index is 1.24. The van der Waals surface area contributed by atoms with Gasteiger partial charge in [0.2, 0.25) is 0 Å². The van der Waals surface area contributed by atoms with Gasteiger partial charge in [0.15, 0.2) is 11.5 Å². The molecule has 1 atom stereocenters. The number of aromatic nitrogens is 5. The van der Waals surface area contributed by atoms with Gasteiger partial charge in [0.25, 0.3) is 0 Å². The molecule has 7 rings (SSSR count). The summed E-state index contributed by atoms with van der Waals surface area (Å²) in [5, 5.41) is 11.7. The molecule has 3 aromatic heterocycles. The Labute approximate surface area is 196 Å². The van der Waals surface area contributed by atoms with Gasteiger partial charge in [-0.15, -0.1) is 0 Å². The number of ether oxygens (including phenoxy) is 1. The van der Waals surface area contributed by atoms with Crippen LogP contribution in [-0.4, -0.2) is 68.8 Å². The van der Waals surface area contributed by atoms with Gasteiger partial charge in [-0.3, -0.25) is 5.10 Å². The first-order valence-corrected chi connectivity index (χ1v) is 11.5. The number of hydrogen-bond donors (Lipinski definition) is 2. The van der Waals surface area contributed by atoms with Crippen molar-refractivity contribution in [3.05, 3.63) is 61.2 Å². The van der Waals surface area contributed by atoms with Gasteiger partial charge in [-0.05, 0) is 25.2 Å². The summed E-state index contributed by atoms with van der Waals surface area (Å²) in [6, 6.07) is 12.9. The Hall–Kier alpha value is -4.11. The van der Waals surface area contributed by atoms with Crippen LogP contribution in [0, 0.1) is 0 Å². The molecule has 2 N–H and O–H groups in total. The molecule has 9 heteroatoms. The Bertz CT molecular complexity index is 1520. The van der Waals surface area contributed by atoms with Crippen molar-refractivity contribution in [2.75, 3.05) is 43.5 Å². The topological polar surface area (TPSA) is 86.6 Å². The third-order valence-corrected chi connectivity index (χ3v) is 6.76. The van der Waals surface area contributed by atoms with Crippen molar-refractivity contribution in [3.8, 4) is 17.0 Å². The maximum absolute atomic E-state index is 6.16. The molecule has 0 spiro atoms. The highest BCUT2D eigenvalue weighted by atomic mass is 16.5. The lowest BCUT2D eigenvalue weighted by atomic mass is 10.1. The number of anilines is 3. The molecule has 5 aromatic rings. The number of aromatic amines is 1. The van der Waals surface area contributed by atoms with Gasteiger partial charge < -0.3 is 24.3 Å². The van der Waals surface area contributed by atoms with Crippen molar-refractivity contribution in [1.29, 1.82) is 0 Å². The molecule has 0 bridgehead atoms. The van der Waals surface area contributed by atoms with E-state index in [1.165, 1.54) is 0 Å². The zero-order valence-electron chi connectivity index (χ0n) is 18.8. The average Bonchev–Trinajstić information content (AvgIpc) is 3.52. The Morgan fingerprint density at radius 1 is 1.15 bits per heavy atom. The van der Waals surface area contributed by atoms with Crippen LogP contribution in [0.15, 0.2) is 61.2 Å². The predicted molar refractivity (Wildman–Crippen MR) is 132 cm³/mol. The van der Waals surface area contributed by atoms with Crippen LogP contribution in [0.5, 0.6) is 5.75 Å². The smallest absolute Gasteiger partial charge is 0.180 e. The Morgan fingerprint density at radius 2 is 2.12 bits per heavy atom. The number of nitrogens with zero attached hydrogens (tertiary/aromatic N) is 6. The number of hydrogen-bond acceptors (Lipinski definition) is 7. The van der Waals surface area contributed by atoms with E-state index in [2.05, 4.69) is 67.7 Å². The maximum Gasteiger partial charge on any atom is 0.180 e. The molecule has 2 aromatic carbocycles. The standard InChI is InChI=1S/C25H24N8O/c1-31-8-9-33-19(13-31)15-34-23-11-18(4-5-22(23)33)28-24-25-26-6-7-32(25)14-21(29-24)16-2-3-17-12-27-30-20(17)10-16/h2-7,10-12,14,19H,8-9,13,15H2,1H3,(H,27,30)(H,28,29)/t19-/m0/s1. The quantitative estimate of drug-likeness (QED) is 0.433. The zero-order valence-corrected chi connectivity index (χ0v) is 18.8. The van der Waals surface area contributed by atoms with E-state index in [0.29, 0.717) is 18.5 Å². The van der Waals surface area contributed by atoms with Crippen LogP contribution in [0.2, 0.25) is 0 Å². The molecule has 9 nitrogen and oxygen atoms in total. The van der Waals surface area contributed by atoms with Crippen LogP contribution in [0.4, 0.5) is 17.2 Å². The minimum atomic E-state index is 0.403. The molecule has 0 radical (unpaired) electrons. The first-order valence-electron chi connectivity index (χ1n) is 11.5. The van der Waals surface area contributed by atoms with Gasteiger partial charge in [0.05, 0.1) is 29.1 Å². The fraction of sp³-hybridized carbons (Fsp3) is 0.240. The minimum absolute atomic E-state index is 0.403. The van der Waals surface area contributed by atoms with Crippen molar-refractivity contribution >= 4 is 33.7 Å². The lowest BCUT2D eigenvalue weighted by molar-refractivity contribution is 0.188. The van der Waals surface area contributed by atoms with Crippen LogP contribution in [-0.2, 0) is 0 Å². The fourth-order valence-corrected chi connectivity index (χ4v) is 4.99. The summed E-state index contributed by atoms with van der Waals surface area (Å²) in [6.45, 7) is 3.81. The van der Waals surface area contributed by atoms with Crippen LogP contribution in [0.1, 0.15) is 0 Å². The molecule has 5 heterocycles. The van der Waals surface area contributed by atoms with E-state index in [1.807, 2.05) is 29.1 Å². The highest BCUT2D eigenvalue weighted by molar-refractivity contribution is 5.84. The summed E-state index contributed by atoms with van der Waals surface area (Å²) in [5.74, 6) is 1.60. The van der Waals surface area contributed by atoms with Crippen molar-refractivity contribution < 1.29 is 4.74 Å². The summed E-state index contributed by atoms with van der Waals surface area (Å²) in [6.07, 6.45) is 7.53.